The molecule has 0 amide bonds. The molecule has 0 aliphatic carbocycles. The van der Waals surface area contributed by atoms with Gasteiger partial charge in [0.25, 0.3) is 0 Å². The zero-order valence-corrected chi connectivity index (χ0v) is 15.1. The van der Waals surface area contributed by atoms with Crippen molar-refractivity contribution in [2.45, 2.75) is 26.4 Å². The molecule has 0 radical (unpaired) electrons. The summed E-state index contributed by atoms with van der Waals surface area (Å²) >= 11 is 1.73. The molecule has 3 rings (SSSR count). The van der Waals surface area contributed by atoms with E-state index in [-0.39, 0.29) is 6.61 Å². The highest BCUT2D eigenvalue weighted by Gasteiger charge is 2.24. The number of para-hydroxylation sites is 1. The molecule has 1 aromatic heterocycles. The molecular weight excluding hydrogens is 316 g/mol. The van der Waals surface area contributed by atoms with Gasteiger partial charge in [0, 0.05) is 42.8 Å². The van der Waals surface area contributed by atoms with E-state index in [1.165, 1.54) is 16.1 Å². The smallest absolute Gasteiger partial charge is 0.104 e. The summed E-state index contributed by atoms with van der Waals surface area (Å²) in [7, 11) is 0. The Bertz CT molecular complexity index is 743. The molecule has 1 aliphatic heterocycles. The summed E-state index contributed by atoms with van der Waals surface area (Å²) < 4.78 is 0. The molecule has 1 N–H and O–H groups in total. The van der Waals surface area contributed by atoms with Crippen molar-refractivity contribution in [2.75, 3.05) is 31.1 Å². The van der Waals surface area contributed by atoms with Crippen LogP contribution in [0, 0.1) is 18.8 Å². The lowest BCUT2D eigenvalue weighted by Gasteiger charge is -2.41. The lowest BCUT2D eigenvalue weighted by molar-refractivity contribution is 0.182. The fraction of sp³-hybridized carbons (Fsp3) is 0.400. The number of thiophene rings is 1. The molecule has 2 heterocycles. The second-order valence-corrected chi connectivity index (χ2v) is 7.45. The van der Waals surface area contributed by atoms with Gasteiger partial charge in [0.2, 0.25) is 0 Å². The normalized spacial score (nSPS) is 18.3. The Labute approximate surface area is 148 Å². The van der Waals surface area contributed by atoms with Gasteiger partial charge in [-0.25, -0.2) is 0 Å². The fourth-order valence-electron chi connectivity index (χ4n) is 3.22. The molecule has 3 nitrogen and oxygen atoms in total. The van der Waals surface area contributed by atoms with Crippen molar-refractivity contribution in [1.82, 2.24) is 4.90 Å². The lowest BCUT2D eigenvalue weighted by Crippen LogP contribution is -2.51. The predicted molar refractivity (Wildman–Crippen MR) is 102 cm³/mol. The van der Waals surface area contributed by atoms with Crippen molar-refractivity contribution >= 4 is 17.0 Å². The highest BCUT2D eigenvalue weighted by molar-refractivity contribution is 7.12. The van der Waals surface area contributed by atoms with Crippen LogP contribution in [0.2, 0.25) is 0 Å². The van der Waals surface area contributed by atoms with Crippen LogP contribution < -0.4 is 4.90 Å². The van der Waals surface area contributed by atoms with Gasteiger partial charge in [0.1, 0.15) is 6.61 Å². The maximum absolute atomic E-state index is 8.79. The van der Waals surface area contributed by atoms with Gasteiger partial charge in [-0.1, -0.05) is 30.0 Å². The molecule has 1 fully saturated rings. The molecule has 2 aromatic rings. The number of piperazine rings is 1. The highest BCUT2D eigenvalue weighted by Crippen LogP contribution is 2.25. The molecule has 1 atom stereocenters. The van der Waals surface area contributed by atoms with E-state index >= 15 is 0 Å². The minimum Gasteiger partial charge on any atom is -0.384 e. The molecule has 1 aliphatic rings. The SMILES string of the molecule is Cc1ccccc1N1CCN(Cc2ccc(C#CCO)s2)C(C)C1. The van der Waals surface area contributed by atoms with Gasteiger partial charge >= 0.3 is 0 Å². The third-order valence-corrected chi connectivity index (χ3v) is 5.52. The Morgan fingerprint density at radius 1 is 1.21 bits per heavy atom. The van der Waals surface area contributed by atoms with Crippen LogP contribution in [-0.2, 0) is 6.54 Å². The van der Waals surface area contributed by atoms with Gasteiger partial charge in [-0.05, 0) is 37.6 Å². The Kier molecular flexibility index (Phi) is 5.57. The average molecular weight is 340 g/mol. The fourth-order valence-corrected chi connectivity index (χ4v) is 4.13. The number of aliphatic hydroxyl groups is 1. The van der Waals surface area contributed by atoms with Gasteiger partial charge in [-0.15, -0.1) is 11.3 Å². The highest BCUT2D eigenvalue weighted by atomic mass is 32.1. The van der Waals surface area contributed by atoms with Crippen LogP contribution in [0.1, 0.15) is 22.2 Å². The number of nitrogens with zero attached hydrogens (tertiary/aromatic N) is 2. The van der Waals surface area contributed by atoms with Crippen LogP contribution in [0.3, 0.4) is 0 Å². The zero-order valence-electron chi connectivity index (χ0n) is 14.3. The third kappa shape index (κ3) is 3.99. The van der Waals surface area contributed by atoms with Gasteiger partial charge in [-0.2, -0.15) is 0 Å². The van der Waals surface area contributed by atoms with Crippen LogP contribution in [0.4, 0.5) is 5.69 Å². The van der Waals surface area contributed by atoms with Gasteiger partial charge in [0.15, 0.2) is 0 Å². The van der Waals surface area contributed by atoms with Gasteiger partial charge < -0.3 is 10.0 Å². The Balaban J connectivity index is 1.62. The number of benzene rings is 1. The first-order valence-electron chi connectivity index (χ1n) is 8.40. The minimum absolute atomic E-state index is 0.0782. The van der Waals surface area contributed by atoms with Crippen molar-refractivity contribution in [1.29, 1.82) is 0 Å². The first kappa shape index (κ1) is 17.0. The molecule has 0 saturated carbocycles. The van der Waals surface area contributed by atoms with Crippen molar-refractivity contribution in [3.8, 4) is 11.8 Å². The summed E-state index contributed by atoms with van der Waals surface area (Å²) in [6.45, 7) is 8.60. The first-order chi connectivity index (χ1) is 11.7. The largest absolute Gasteiger partial charge is 0.384 e. The van der Waals surface area contributed by atoms with E-state index in [1.54, 1.807) is 11.3 Å². The van der Waals surface area contributed by atoms with E-state index in [9.17, 15) is 0 Å². The summed E-state index contributed by atoms with van der Waals surface area (Å²) in [5.41, 5.74) is 2.71. The summed E-state index contributed by atoms with van der Waals surface area (Å²) in [5.74, 6) is 5.70. The van der Waals surface area contributed by atoms with Crippen molar-refractivity contribution in [3.05, 3.63) is 51.7 Å². The standard InChI is InChI=1S/C20H24N2OS/c1-16-6-3-4-8-20(16)22-12-11-21(17(2)14-22)15-19-10-9-18(24-19)7-5-13-23/h3-4,6,8-10,17,23H,11-15H2,1-2H3. The maximum atomic E-state index is 8.79. The predicted octanol–water partition coefficient (Wildman–Crippen LogP) is 3.11. The number of hydrogen-bond donors (Lipinski definition) is 1. The zero-order chi connectivity index (χ0) is 16.9. The monoisotopic (exact) mass is 340 g/mol. The van der Waals surface area contributed by atoms with E-state index in [0.29, 0.717) is 6.04 Å². The number of aryl methyl sites for hydroxylation is 1. The van der Waals surface area contributed by atoms with Gasteiger partial charge in [-0.3, -0.25) is 4.90 Å². The molecule has 0 bridgehead atoms. The molecule has 1 unspecified atom stereocenters. The van der Waals surface area contributed by atoms with E-state index in [2.05, 4.69) is 71.9 Å². The number of hydrogen-bond acceptors (Lipinski definition) is 4. The van der Waals surface area contributed by atoms with E-state index in [4.69, 9.17) is 5.11 Å². The lowest BCUT2D eigenvalue weighted by atomic mass is 10.1. The average Bonchev–Trinajstić information content (AvgIpc) is 3.03. The number of aliphatic hydroxyl groups excluding tert-OH is 1. The molecule has 126 valence electrons. The Morgan fingerprint density at radius 3 is 2.79 bits per heavy atom. The topological polar surface area (TPSA) is 26.7 Å². The number of rotatable bonds is 3. The second kappa shape index (κ2) is 7.85. The molecule has 24 heavy (non-hydrogen) atoms. The molecule has 0 spiro atoms. The minimum atomic E-state index is -0.0782. The summed E-state index contributed by atoms with van der Waals surface area (Å²) in [6.07, 6.45) is 0. The van der Waals surface area contributed by atoms with Gasteiger partial charge in [0.05, 0.1) is 4.88 Å². The second-order valence-electron chi connectivity index (χ2n) is 6.28. The first-order valence-corrected chi connectivity index (χ1v) is 9.22. The summed E-state index contributed by atoms with van der Waals surface area (Å²) in [5, 5.41) is 8.79. The Morgan fingerprint density at radius 2 is 2.04 bits per heavy atom. The summed E-state index contributed by atoms with van der Waals surface area (Å²) in [6, 6.07) is 13.4. The quantitative estimate of drug-likeness (QED) is 0.870. The van der Waals surface area contributed by atoms with Crippen molar-refractivity contribution < 1.29 is 5.11 Å². The molecule has 4 heteroatoms. The Hall–Kier alpha value is -1.80. The maximum Gasteiger partial charge on any atom is 0.104 e. The van der Waals surface area contributed by atoms with Crippen LogP contribution >= 0.6 is 11.3 Å². The molecule has 1 aromatic carbocycles. The van der Waals surface area contributed by atoms with Crippen LogP contribution in [0.15, 0.2) is 36.4 Å². The third-order valence-electron chi connectivity index (χ3n) is 4.53. The van der Waals surface area contributed by atoms with Crippen LogP contribution in [0.25, 0.3) is 0 Å². The molecule has 1 saturated heterocycles. The van der Waals surface area contributed by atoms with E-state index < -0.39 is 0 Å². The van der Waals surface area contributed by atoms with Crippen LogP contribution in [-0.4, -0.2) is 42.3 Å². The summed E-state index contributed by atoms with van der Waals surface area (Å²) in [4.78, 5) is 7.42. The molecular formula is C20H24N2OS. The number of anilines is 1. The van der Waals surface area contributed by atoms with E-state index in [1.807, 2.05) is 0 Å². The van der Waals surface area contributed by atoms with Crippen molar-refractivity contribution in [2.24, 2.45) is 0 Å². The van der Waals surface area contributed by atoms with Crippen molar-refractivity contribution in [3.63, 3.8) is 0 Å². The van der Waals surface area contributed by atoms with E-state index in [0.717, 1.165) is 31.1 Å². The van der Waals surface area contributed by atoms with Crippen LogP contribution in [0.5, 0.6) is 0 Å².